The number of thiophene rings is 2. The van der Waals surface area contributed by atoms with Crippen molar-refractivity contribution in [3.8, 4) is 0 Å². The van der Waals surface area contributed by atoms with Gasteiger partial charge in [-0.15, -0.1) is 22.7 Å². The van der Waals surface area contributed by atoms with Crippen molar-refractivity contribution < 1.29 is 19.6 Å². The molecule has 0 fully saturated rings. The SMILES string of the molecule is O=C(NCc1cccs1)N[C@@H](Cc1ccccc1)C(=O)Nc1ccc2sc(C(=O)NO)cc2c1. The molecule has 10 heteroatoms. The Morgan fingerprint density at radius 3 is 2.53 bits per heavy atom. The van der Waals surface area contributed by atoms with Gasteiger partial charge in [-0.25, -0.2) is 10.3 Å². The van der Waals surface area contributed by atoms with Gasteiger partial charge in [0.15, 0.2) is 0 Å². The van der Waals surface area contributed by atoms with Crippen LogP contribution in [-0.2, 0) is 17.8 Å². The number of hydroxylamine groups is 1. The number of nitrogens with one attached hydrogen (secondary N) is 4. The molecule has 0 saturated heterocycles. The van der Waals surface area contributed by atoms with Crippen LogP contribution >= 0.6 is 22.7 Å². The highest BCUT2D eigenvalue weighted by atomic mass is 32.1. The summed E-state index contributed by atoms with van der Waals surface area (Å²) in [6, 6.07) is 18.9. The summed E-state index contributed by atoms with van der Waals surface area (Å²) in [5, 5.41) is 20.0. The number of carbonyl (C=O) groups is 3. The van der Waals surface area contributed by atoms with E-state index in [4.69, 9.17) is 5.21 Å². The topological polar surface area (TPSA) is 120 Å². The van der Waals surface area contributed by atoms with Gasteiger partial charge in [-0.3, -0.25) is 14.8 Å². The van der Waals surface area contributed by atoms with Gasteiger partial charge in [0.1, 0.15) is 6.04 Å². The predicted octanol–water partition coefficient (Wildman–Crippen LogP) is 4.13. The molecule has 0 spiro atoms. The molecule has 4 rings (SSSR count). The molecule has 174 valence electrons. The van der Waals surface area contributed by atoms with Crippen LogP contribution < -0.4 is 21.4 Å². The lowest BCUT2D eigenvalue weighted by Gasteiger charge is -2.19. The number of anilines is 1. The summed E-state index contributed by atoms with van der Waals surface area (Å²) < 4.78 is 0.837. The van der Waals surface area contributed by atoms with Gasteiger partial charge in [0.05, 0.1) is 11.4 Å². The fourth-order valence-corrected chi connectivity index (χ4v) is 4.94. The number of hydrogen-bond acceptors (Lipinski definition) is 6. The first-order valence-corrected chi connectivity index (χ1v) is 12.1. The van der Waals surface area contributed by atoms with Crippen LogP contribution in [0.5, 0.6) is 0 Å². The number of benzene rings is 2. The van der Waals surface area contributed by atoms with E-state index in [1.807, 2.05) is 47.8 Å². The van der Waals surface area contributed by atoms with Crippen molar-refractivity contribution in [3.05, 3.63) is 87.4 Å². The molecule has 0 aliphatic carbocycles. The summed E-state index contributed by atoms with van der Waals surface area (Å²) in [6.45, 7) is 0.377. The van der Waals surface area contributed by atoms with Gasteiger partial charge in [-0.2, -0.15) is 0 Å². The lowest BCUT2D eigenvalue weighted by atomic mass is 10.1. The molecular formula is C24H22N4O4S2. The van der Waals surface area contributed by atoms with E-state index >= 15 is 0 Å². The molecule has 0 unspecified atom stereocenters. The molecule has 0 aliphatic rings. The number of carbonyl (C=O) groups excluding carboxylic acids is 3. The molecule has 1 atom stereocenters. The maximum Gasteiger partial charge on any atom is 0.315 e. The van der Waals surface area contributed by atoms with Crippen LogP contribution in [0.3, 0.4) is 0 Å². The highest BCUT2D eigenvalue weighted by Gasteiger charge is 2.22. The summed E-state index contributed by atoms with van der Waals surface area (Å²) in [5.41, 5.74) is 3.06. The Kier molecular flexibility index (Phi) is 7.53. The number of fused-ring (bicyclic) bond motifs is 1. The predicted molar refractivity (Wildman–Crippen MR) is 133 cm³/mol. The van der Waals surface area contributed by atoms with Gasteiger partial charge < -0.3 is 16.0 Å². The minimum absolute atomic E-state index is 0.320. The average molecular weight is 495 g/mol. The third kappa shape index (κ3) is 5.98. The van der Waals surface area contributed by atoms with E-state index in [9.17, 15) is 14.4 Å². The van der Waals surface area contributed by atoms with Crippen LogP contribution in [0.4, 0.5) is 10.5 Å². The monoisotopic (exact) mass is 494 g/mol. The maximum absolute atomic E-state index is 13.1. The molecule has 4 amide bonds. The number of hydrogen-bond donors (Lipinski definition) is 5. The summed E-state index contributed by atoms with van der Waals surface area (Å²) in [6.07, 6.45) is 0.320. The van der Waals surface area contributed by atoms with Gasteiger partial charge >= 0.3 is 6.03 Å². The van der Waals surface area contributed by atoms with Crippen LogP contribution in [-0.4, -0.2) is 29.1 Å². The summed E-state index contributed by atoms with van der Waals surface area (Å²) in [4.78, 5) is 38.7. The van der Waals surface area contributed by atoms with E-state index in [0.29, 0.717) is 23.5 Å². The van der Waals surface area contributed by atoms with Crippen LogP contribution in [0.25, 0.3) is 10.1 Å². The summed E-state index contributed by atoms with van der Waals surface area (Å²) in [7, 11) is 0. The number of rotatable bonds is 8. The molecule has 0 aliphatic heterocycles. The fourth-order valence-electron chi connectivity index (χ4n) is 3.37. The Morgan fingerprint density at radius 1 is 0.971 bits per heavy atom. The van der Waals surface area contributed by atoms with Gasteiger partial charge in [-0.1, -0.05) is 36.4 Å². The van der Waals surface area contributed by atoms with Gasteiger partial charge in [0.25, 0.3) is 5.91 Å². The van der Waals surface area contributed by atoms with Gasteiger partial charge in [0.2, 0.25) is 5.91 Å². The second kappa shape index (κ2) is 10.9. The lowest BCUT2D eigenvalue weighted by Crippen LogP contribution is -2.48. The van der Waals surface area contributed by atoms with Crippen molar-refractivity contribution in [3.63, 3.8) is 0 Å². The van der Waals surface area contributed by atoms with E-state index in [2.05, 4.69) is 16.0 Å². The quantitative estimate of drug-likeness (QED) is 0.187. The Labute approximate surface area is 203 Å². The highest BCUT2D eigenvalue weighted by molar-refractivity contribution is 7.20. The second-order valence-electron chi connectivity index (χ2n) is 7.44. The molecule has 5 N–H and O–H groups in total. The molecule has 2 aromatic carbocycles. The van der Waals surface area contributed by atoms with Crippen molar-refractivity contribution in [1.82, 2.24) is 16.1 Å². The van der Waals surface area contributed by atoms with Crippen molar-refractivity contribution in [2.75, 3.05) is 5.32 Å². The van der Waals surface area contributed by atoms with E-state index in [1.165, 1.54) is 11.3 Å². The van der Waals surface area contributed by atoms with E-state index in [-0.39, 0.29) is 5.91 Å². The average Bonchev–Trinajstić information content (AvgIpc) is 3.52. The van der Waals surface area contributed by atoms with Crippen LogP contribution in [0.15, 0.2) is 72.1 Å². The molecule has 0 radical (unpaired) electrons. The van der Waals surface area contributed by atoms with Crippen LogP contribution in [0, 0.1) is 0 Å². The van der Waals surface area contributed by atoms with Gasteiger partial charge in [0, 0.05) is 21.7 Å². The molecule has 2 aromatic heterocycles. The standard InChI is InChI=1S/C24H22N4O4S2/c29-22(26-17-8-9-20-16(12-17)13-21(34-20)23(30)28-32)19(11-15-5-2-1-3-6-15)27-24(31)25-14-18-7-4-10-33-18/h1-10,12-13,19,32H,11,14H2,(H,26,29)(H,28,30)(H2,25,27,31)/t19-/m0/s1. The third-order valence-corrected chi connectivity index (χ3v) is 7.01. The first-order valence-electron chi connectivity index (χ1n) is 10.4. The van der Waals surface area contributed by atoms with E-state index < -0.39 is 18.0 Å². The minimum atomic E-state index is -0.806. The zero-order valence-corrected chi connectivity index (χ0v) is 19.5. The molecular weight excluding hydrogens is 472 g/mol. The first-order chi connectivity index (χ1) is 16.5. The normalized spacial score (nSPS) is 11.6. The van der Waals surface area contributed by atoms with Crippen molar-refractivity contribution in [1.29, 1.82) is 0 Å². The molecule has 34 heavy (non-hydrogen) atoms. The Morgan fingerprint density at radius 2 is 1.79 bits per heavy atom. The van der Waals surface area contributed by atoms with Crippen molar-refractivity contribution >= 4 is 56.3 Å². The Bertz CT molecular complexity index is 1290. The fraction of sp³-hybridized carbons (Fsp3) is 0.125. The zero-order chi connectivity index (χ0) is 23.9. The molecule has 4 aromatic rings. The molecule has 8 nitrogen and oxygen atoms in total. The Hall–Kier alpha value is -3.73. The first kappa shape index (κ1) is 23.4. The Balaban J connectivity index is 1.47. The van der Waals surface area contributed by atoms with Crippen molar-refractivity contribution in [2.24, 2.45) is 0 Å². The minimum Gasteiger partial charge on any atom is -0.333 e. The maximum atomic E-state index is 13.1. The largest absolute Gasteiger partial charge is 0.333 e. The highest BCUT2D eigenvalue weighted by Crippen LogP contribution is 2.28. The lowest BCUT2D eigenvalue weighted by molar-refractivity contribution is -0.117. The van der Waals surface area contributed by atoms with Gasteiger partial charge in [-0.05, 0) is 46.7 Å². The van der Waals surface area contributed by atoms with E-state index in [1.54, 1.807) is 41.1 Å². The van der Waals surface area contributed by atoms with Crippen LogP contribution in [0.1, 0.15) is 20.1 Å². The van der Waals surface area contributed by atoms with Crippen LogP contribution in [0.2, 0.25) is 0 Å². The summed E-state index contributed by atoms with van der Waals surface area (Å²) >= 11 is 2.77. The van der Waals surface area contributed by atoms with E-state index in [0.717, 1.165) is 20.5 Å². The number of urea groups is 1. The zero-order valence-electron chi connectivity index (χ0n) is 17.9. The number of amides is 4. The molecule has 0 bridgehead atoms. The summed E-state index contributed by atoms with van der Waals surface area (Å²) in [5.74, 6) is -0.953. The smallest absolute Gasteiger partial charge is 0.315 e. The molecule has 2 heterocycles. The second-order valence-corrected chi connectivity index (χ2v) is 9.56. The van der Waals surface area contributed by atoms with Crippen molar-refractivity contribution in [2.45, 2.75) is 19.0 Å². The molecule has 0 saturated carbocycles. The third-order valence-electron chi connectivity index (χ3n) is 5.02.